The van der Waals surface area contributed by atoms with E-state index >= 15 is 0 Å². The number of carbonyl (C=O) groups excluding carboxylic acids is 1. The van der Waals surface area contributed by atoms with E-state index in [2.05, 4.69) is 26.8 Å². The van der Waals surface area contributed by atoms with E-state index in [4.69, 9.17) is 15.3 Å². The number of rotatable bonds is 10. The van der Waals surface area contributed by atoms with Crippen LogP contribution < -0.4 is 10.5 Å². The summed E-state index contributed by atoms with van der Waals surface area (Å²) in [5.74, 6) is 0.660. The minimum absolute atomic E-state index is 0.150. The summed E-state index contributed by atoms with van der Waals surface area (Å²) >= 11 is 0. The van der Waals surface area contributed by atoms with Crippen LogP contribution in [0.15, 0.2) is 90.3 Å². The van der Waals surface area contributed by atoms with Crippen LogP contribution in [0.4, 0.5) is 0 Å². The highest BCUT2D eigenvalue weighted by atomic mass is 16.6. The molecule has 0 saturated heterocycles. The van der Waals surface area contributed by atoms with Crippen LogP contribution in [0.25, 0.3) is 0 Å². The molecule has 35 heavy (non-hydrogen) atoms. The Morgan fingerprint density at radius 1 is 1.00 bits per heavy atom. The van der Waals surface area contributed by atoms with Crippen molar-refractivity contribution < 1.29 is 14.4 Å². The molecule has 0 fully saturated rings. The van der Waals surface area contributed by atoms with Gasteiger partial charge in [-0.3, -0.25) is 9.78 Å². The van der Waals surface area contributed by atoms with Crippen molar-refractivity contribution in [3.8, 4) is 5.75 Å². The molecule has 4 rings (SSSR count). The second kappa shape index (κ2) is 11.2. The van der Waals surface area contributed by atoms with Crippen LogP contribution in [0, 0.1) is 13.8 Å². The van der Waals surface area contributed by atoms with Gasteiger partial charge in [-0.25, -0.2) is 0 Å². The third-order valence-electron chi connectivity index (χ3n) is 5.67. The number of aryl methyl sites for hydroxylation is 1. The number of aromatic nitrogens is 2. The van der Waals surface area contributed by atoms with E-state index in [0.717, 1.165) is 17.0 Å². The number of nitrogens with two attached hydrogens (primary N) is 1. The van der Waals surface area contributed by atoms with Crippen LogP contribution in [0.5, 0.6) is 5.75 Å². The Labute approximate surface area is 204 Å². The van der Waals surface area contributed by atoms with Crippen LogP contribution >= 0.6 is 0 Å². The van der Waals surface area contributed by atoms with Gasteiger partial charge in [0.15, 0.2) is 12.4 Å². The normalized spacial score (nSPS) is 11.3. The van der Waals surface area contributed by atoms with E-state index in [1.54, 1.807) is 24.5 Å². The predicted molar refractivity (Wildman–Crippen MR) is 135 cm³/mol. The van der Waals surface area contributed by atoms with Gasteiger partial charge >= 0.3 is 0 Å². The Morgan fingerprint density at radius 2 is 1.80 bits per heavy atom. The van der Waals surface area contributed by atoms with Gasteiger partial charge in [0.05, 0.1) is 0 Å². The number of ketones is 1. The highest BCUT2D eigenvalue weighted by Crippen LogP contribution is 2.18. The molecule has 0 aliphatic carbocycles. The molecule has 0 spiro atoms. The molecule has 0 saturated carbocycles. The summed E-state index contributed by atoms with van der Waals surface area (Å²) < 4.78 is 7.93. The third kappa shape index (κ3) is 6.14. The van der Waals surface area contributed by atoms with Gasteiger partial charge < -0.3 is 19.9 Å². The fourth-order valence-corrected chi connectivity index (χ4v) is 3.78. The summed E-state index contributed by atoms with van der Waals surface area (Å²) in [6, 6.07) is 23.1. The Bertz CT molecular complexity index is 1310. The summed E-state index contributed by atoms with van der Waals surface area (Å²) in [5.41, 5.74) is 11.4. The zero-order chi connectivity index (χ0) is 24.6. The number of oxime groups is 1. The van der Waals surface area contributed by atoms with Gasteiger partial charge in [0.25, 0.3) is 0 Å². The Balaban J connectivity index is 1.36. The van der Waals surface area contributed by atoms with Crippen molar-refractivity contribution in [2.45, 2.75) is 27.0 Å². The first-order chi connectivity index (χ1) is 17.0. The molecule has 0 bridgehead atoms. The number of ether oxygens (including phenoxy) is 1. The van der Waals surface area contributed by atoms with Gasteiger partial charge in [0.2, 0.25) is 5.78 Å². The van der Waals surface area contributed by atoms with E-state index < -0.39 is 0 Å². The standard InChI is InChI=1S/C28H28N4O3/c1-20-14-26(21(2)32(20)17-22-8-4-3-5-9-22)27(33)19-35-31-28(29)24-11-6-12-25(15-24)34-18-23-10-7-13-30-16-23/h3-16H,17-19H2,1-2H3,(H2,29,31). The fraction of sp³-hybridized carbons (Fsp3) is 0.179. The van der Waals surface area contributed by atoms with E-state index in [-0.39, 0.29) is 18.2 Å². The molecule has 0 aliphatic heterocycles. The summed E-state index contributed by atoms with van der Waals surface area (Å²) in [6.45, 7) is 4.83. The number of pyridine rings is 1. The molecule has 0 atom stereocenters. The van der Waals surface area contributed by atoms with Crippen LogP contribution in [-0.2, 0) is 18.0 Å². The summed E-state index contributed by atoms with van der Waals surface area (Å²) in [5, 5.41) is 3.95. The lowest BCUT2D eigenvalue weighted by Gasteiger charge is -2.10. The topological polar surface area (TPSA) is 91.7 Å². The highest BCUT2D eigenvalue weighted by Gasteiger charge is 2.16. The summed E-state index contributed by atoms with van der Waals surface area (Å²) in [6.07, 6.45) is 3.47. The van der Waals surface area contributed by atoms with Crippen molar-refractivity contribution in [1.29, 1.82) is 0 Å². The fourth-order valence-electron chi connectivity index (χ4n) is 3.78. The first-order valence-electron chi connectivity index (χ1n) is 11.3. The first-order valence-corrected chi connectivity index (χ1v) is 11.3. The molecule has 7 nitrogen and oxygen atoms in total. The predicted octanol–water partition coefficient (Wildman–Crippen LogP) is 4.65. The van der Waals surface area contributed by atoms with E-state index in [1.807, 2.05) is 62.4 Å². The van der Waals surface area contributed by atoms with Gasteiger partial charge in [-0.05, 0) is 43.7 Å². The Morgan fingerprint density at radius 3 is 2.57 bits per heavy atom. The zero-order valence-corrected chi connectivity index (χ0v) is 19.8. The van der Waals surface area contributed by atoms with Crippen LogP contribution in [0.3, 0.4) is 0 Å². The molecule has 7 heteroatoms. The molecular weight excluding hydrogens is 440 g/mol. The van der Waals surface area contributed by atoms with Gasteiger partial charge in [-0.1, -0.05) is 53.7 Å². The molecule has 178 valence electrons. The quantitative estimate of drug-likeness (QED) is 0.158. The molecule has 0 radical (unpaired) electrons. The summed E-state index contributed by atoms with van der Waals surface area (Å²) in [7, 11) is 0. The van der Waals surface area contributed by atoms with Crippen molar-refractivity contribution in [1.82, 2.24) is 9.55 Å². The summed E-state index contributed by atoms with van der Waals surface area (Å²) in [4.78, 5) is 22.2. The number of benzene rings is 2. The Hall–Kier alpha value is -4.39. The maximum atomic E-state index is 12.8. The molecular formula is C28H28N4O3. The lowest BCUT2D eigenvalue weighted by atomic mass is 10.1. The second-order valence-corrected chi connectivity index (χ2v) is 8.21. The van der Waals surface area contributed by atoms with E-state index in [1.165, 1.54) is 5.56 Å². The van der Waals surface area contributed by atoms with E-state index in [0.29, 0.717) is 30.0 Å². The van der Waals surface area contributed by atoms with Gasteiger partial charge in [-0.2, -0.15) is 0 Å². The van der Waals surface area contributed by atoms with Crippen molar-refractivity contribution in [3.63, 3.8) is 0 Å². The molecule has 0 aliphatic rings. The van der Waals surface area contributed by atoms with Crippen molar-refractivity contribution >= 4 is 11.6 Å². The van der Waals surface area contributed by atoms with E-state index in [9.17, 15) is 4.79 Å². The SMILES string of the molecule is Cc1cc(C(=O)CO/N=C(/N)c2cccc(OCc3cccnc3)c2)c(C)n1Cc1ccccc1. The van der Waals surface area contributed by atoms with Crippen LogP contribution in [0.1, 0.15) is 38.4 Å². The number of nitrogens with zero attached hydrogens (tertiary/aromatic N) is 3. The third-order valence-corrected chi connectivity index (χ3v) is 5.67. The van der Waals surface area contributed by atoms with Gasteiger partial charge in [0.1, 0.15) is 12.4 Å². The van der Waals surface area contributed by atoms with Crippen molar-refractivity contribution in [2.75, 3.05) is 6.61 Å². The average molecular weight is 469 g/mol. The number of hydrogen-bond donors (Lipinski definition) is 1. The molecule has 2 heterocycles. The number of amidine groups is 1. The largest absolute Gasteiger partial charge is 0.489 e. The second-order valence-electron chi connectivity index (χ2n) is 8.21. The maximum Gasteiger partial charge on any atom is 0.204 e. The monoisotopic (exact) mass is 468 g/mol. The average Bonchev–Trinajstić information content (AvgIpc) is 3.17. The molecule has 2 N–H and O–H groups in total. The zero-order valence-electron chi connectivity index (χ0n) is 19.8. The minimum Gasteiger partial charge on any atom is -0.489 e. The molecule has 4 aromatic rings. The lowest BCUT2D eigenvalue weighted by Crippen LogP contribution is -2.16. The minimum atomic E-state index is -0.201. The van der Waals surface area contributed by atoms with Gasteiger partial charge in [-0.15, -0.1) is 0 Å². The van der Waals surface area contributed by atoms with Crippen LogP contribution in [-0.4, -0.2) is 27.8 Å². The molecule has 2 aromatic heterocycles. The first kappa shape index (κ1) is 23.8. The maximum absolute atomic E-state index is 12.8. The lowest BCUT2D eigenvalue weighted by molar-refractivity contribution is 0.0775. The van der Waals surface area contributed by atoms with Crippen molar-refractivity contribution in [2.24, 2.45) is 10.9 Å². The molecule has 2 aromatic carbocycles. The van der Waals surface area contributed by atoms with Crippen molar-refractivity contribution in [3.05, 3.63) is 119 Å². The number of Topliss-reactive ketones (excluding diaryl/α,β-unsaturated/α-hetero) is 1. The molecule has 0 unspecified atom stereocenters. The molecule has 0 amide bonds. The number of carbonyl (C=O) groups is 1. The Kier molecular flexibility index (Phi) is 7.57. The van der Waals surface area contributed by atoms with Gasteiger partial charge in [0, 0.05) is 47.0 Å². The number of hydrogen-bond acceptors (Lipinski definition) is 5. The highest BCUT2D eigenvalue weighted by molar-refractivity contribution is 5.99. The van der Waals surface area contributed by atoms with Crippen LogP contribution in [0.2, 0.25) is 0 Å². The smallest absolute Gasteiger partial charge is 0.204 e.